The number of halogens is 1. The molecule has 0 spiro atoms. The number of rotatable bonds is 8. The Morgan fingerprint density at radius 1 is 1.24 bits per heavy atom. The fraction of sp³-hybridized carbons (Fsp3) is 0.591. The summed E-state index contributed by atoms with van der Waals surface area (Å²) < 4.78 is 5.12. The third-order valence-electron chi connectivity index (χ3n) is 5.45. The molecule has 160 valence electrons. The molecule has 2 amide bonds. The number of alkyl halides is 1. The molecule has 1 aliphatic heterocycles. The Morgan fingerprint density at radius 3 is 2.55 bits per heavy atom. The minimum Gasteiger partial charge on any atom is -0.466 e. The van der Waals surface area contributed by atoms with Crippen molar-refractivity contribution in [3.05, 3.63) is 35.9 Å². The van der Waals surface area contributed by atoms with Gasteiger partial charge in [-0.25, -0.2) is 0 Å². The Hall–Kier alpha value is -2.08. The van der Waals surface area contributed by atoms with Gasteiger partial charge in [0.25, 0.3) is 0 Å². The average Bonchev–Trinajstić information content (AvgIpc) is 2.76. The second-order valence-corrected chi connectivity index (χ2v) is 7.96. The van der Waals surface area contributed by atoms with Gasteiger partial charge in [0.05, 0.1) is 12.5 Å². The van der Waals surface area contributed by atoms with E-state index in [9.17, 15) is 14.4 Å². The van der Waals surface area contributed by atoms with Crippen LogP contribution in [0.4, 0.5) is 0 Å². The van der Waals surface area contributed by atoms with Crippen molar-refractivity contribution in [2.75, 3.05) is 19.7 Å². The molecule has 2 rings (SSSR count). The first-order chi connectivity index (χ1) is 13.9. The highest BCUT2D eigenvalue weighted by molar-refractivity contribution is 6.30. The first kappa shape index (κ1) is 23.2. The Labute approximate surface area is 177 Å². The lowest BCUT2D eigenvalue weighted by molar-refractivity contribution is -0.152. The lowest BCUT2D eigenvalue weighted by atomic mass is 9.93. The van der Waals surface area contributed by atoms with Crippen molar-refractivity contribution >= 4 is 29.4 Å². The number of carbonyl (C=O) groups excluding carboxylic acids is 3. The van der Waals surface area contributed by atoms with E-state index < -0.39 is 17.3 Å². The predicted octanol–water partition coefficient (Wildman–Crippen LogP) is 3.30. The Kier molecular flexibility index (Phi) is 8.96. The zero-order chi connectivity index (χ0) is 21.4. The molecular formula is C22H31ClN2O4. The number of nitrogens with one attached hydrogen (secondary N) is 1. The minimum atomic E-state index is -0.871. The molecule has 0 aromatic heterocycles. The highest BCUT2D eigenvalue weighted by atomic mass is 35.5. The van der Waals surface area contributed by atoms with Crippen molar-refractivity contribution in [2.45, 2.75) is 51.5 Å². The van der Waals surface area contributed by atoms with Gasteiger partial charge in [-0.05, 0) is 31.2 Å². The van der Waals surface area contributed by atoms with Gasteiger partial charge in [-0.1, -0.05) is 50.6 Å². The summed E-state index contributed by atoms with van der Waals surface area (Å²) in [5.41, 5.74) is 0.683. The van der Waals surface area contributed by atoms with Crippen LogP contribution in [0, 0.1) is 11.8 Å². The number of hydrogen-bond acceptors (Lipinski definition) is 4. The molecule has 29 heavy (non-hydrogen) atoms. The SMILES string of the molecule is CCOC(=O)C1CCCN(C(=O)C(NC(=O)C(Cl)c2ccccc2)C(C)CC)C1. The largest absolute Gasteiger partial charge is 0.466 e. The second-order valence-electron chi connectivity index (χ2n) is 7.52. The van der Waals surface area contributed by atoms with Crippen LogP contribution in [0.3, 0.4) is 0 Å². The van der Waals surface area contributed by atoms with Crippen molar-refractivity contribution in [3.63, 3.8) is 0 Å². The van der Waals surface area contributed by atoms with Crippen molar-refractivity contribution < 1.29 is 19.1 Å². The van der Waals surface area contributed by atoms with Gasteiger partial charge >= 0.3 is 5.97 Å². The van der Waals surface area contributed by atoms with E-state index in [0.717, 1.165) is 12.8 Å². The maximum absolute atomic E-state index is 13.2. The van der Waals surface area contributed by atoms with Gasteiger partial charge in [-0.15, -0.1) is 11.6 Å². The summed E-state index contributed by atoms with van der Waals surface area (Å²) in [6.45, 7) is 6.90. The fourth-order valence-corrected chi connectivity index (χ4v) is 3.72. The molecule has 0 radical (unpaired) electrons. The number of ether oxygens (including phenoxy) is 1. The maximum Gasteiger partial charge on any atom is 0.310 e. The van der Waals surface area contributed by atoms with Crippen molar-refractivity contribution in [2.24, 2.45) is 11.8 Å². The summed E-state index contributed by atoms with van der Waals surface area (Å²) in [4.78, 5) is 39.7. The van der Waals surface area contributed by atoms with Gasteiger partial charge in [-0.2, -0.15) is 0 Å². The Morgan fingerprint density at radius 2 is 1.93 bits per heavy atom. The molecule has 1 N–H and O–H groups in total. The molecule has 0 aliphatic carbocycles. The Bertz CT molecular complexity index is 697. The van der Waals surface area contributed by atoms with Crippen LogP contribution >= 0.6 is 11.6 Å². The summed E-state index contributed by atoms with van der Waals surface area (Å²) in [6, 6.07) is 8.38. The molecule has 1 heterocycles. The second kappa shape index (κ2) is 11.2. The van der Waals surface area contributed by atoms with Crippen LogP contribution in [0.1, 0.15) is 51.0 Å². The molecule has 0 saturated carbocycles. The maximum atomic E-state index is 13.2. The van der Waals surface area contributed by atoms with Crippen LogP contribution in [0.15, 0.2) is 30.3 Å². The van der Waals surface area contributed by atoms with E-state index in [-0.39, 0.29) is 23.7 Å². The van der Waals surface area contributed by atoms with Crippen molar-refractivity contribution in [1.29, 1.82) is 0 Å². The number of piperidine rings is 1. The molecule has 7 heteroatoms. The summed E-state index contributed by atoms with van der Waals surface area (Å²) in [6.07, 6.45) is 2.17. The zero-order valence-corrected chi connectivity index (χ0v) is 18.2. The number of esters is 1. The topological polar surface area (TPSA) is 75.7 Å². The summed E-state index contributed by atoms with van der Waals surface area (Å²) in [5, 5.41) is 1.98. The Balaban J connectivity index is 2.09. The monoisotopic (exact) mass is 422 g/mol. The molecule has 6 nitrogen and oxygen atoms in total. The summed E-state index contributed by atoms with van der Waals surface area (Å²) in [7, 11) is 0. The predicted molar refractivity (Wildman–Crippen MR) is 112 cm³/mol. The van der Waals surface area contributed by atoms with E-state index in [0.29, 0.717) is 31.7 Å². The molecule has 4 atom stereocenters. The molecular weight excluding hydrogens is 392 g/mol. The summed E-state index contributed by atoms with van der Waals surface area (Å²) >= 11 is 6.34. The number of hydrogen-bond donors (Lipinski definition) is 1. The number of likely N-dealkylation sites (tertiary alicyclic amines) is 1. The van der Waals surface area contributed by atoms with E-state index in [4.69, 9.17) is 16.3 Å². The lowest BCUT2D eigenvalue weighted by Crippen LogP contribution is -2.55. The van der Waals surface area contributed by atoms with E-state index in [2.05, 4.69) is 5.32 Å². The van der Waals surface area contributed by atoms with Crippen LogP contribution in [-0.4, -0.2) is 48.4 Å². The van der Waals surface area contributed by atoms with Gasteiger partial charge in [0.1, 0.15) is 11.4 Å². The summed E-state index contributed by atoms with van der Waals surface area (Å²) in [5.74, 6) is -1.20. The third-order valence-corrected chi connectivity index (χ3v) is 5.90. The molecule has 1 aromatic carbocycles. The lowest BCUT2D eigenvalue weighted by Gasteiger charge is -2.35. The first-order valence-electron chi connectivity index (χ1n) is 10.3. The molecule has 1 fully saturated rings. The van der Waals surface area contributed by atoms with Crippen molar-refractivity contribution in [3.8, 4) is 0 Å². The highest BCUT2D eigenvalue weighted by Crippen LogP contribution is 2.23. The van der Waals surface area contributed by atoms with E-state index in [1.54, 1.807) is 24.0 Å². The molecule has 1 aromatic rings. The first-order valence-corrected chi connectivity index (χ1v) is 10.8. The molecule has 1 aliphatic rings. The van der Waals surface area contributed by atoms with Crippen LogP contribution in [0.25, 0.3) is 0 Å². The molecule has 1 saturated heterocycles. The van der Waals surface area contributed by atoms with Gasteiger partial charge in [0.2, 0.25) is 11.8 Å². The smallest absolute Gasteiger partial charge is 0.310 e. The van der Waals surface area contributed by atoms with E-state index >= 15 is 0 Å². The quantitative estimate of drug-likeness (QED) is 0.515. The number of benzene rings is 1. The van der Waals surface area contributed by atoms with Gasteiger partial charge in [-0.3, -0.25) is 14.4 Å². The van der Waals surface area contributed by atoms with Crippen LogP contribution in [-0.2, 0) is 19.1 Å². The third kappa shape index (κ3) is 6.20. The fourth-order valence-electron chi connectivity index (χ4n) is 3.51. The minimum absolute atomic E-state index is 0.0611. The van der Waals surface area contributed by atoms with E-state index in [1.807, 2.05) is 32.0 Å². The van der Waals surface area contributed by atoms with Crippen LogP contribution < -0.4 is 5.32 Å². The number of nitrogens with zero attached hydrogens (tertiary/aromatic N) is 1. The normalized spacial score (nSPS) is 19.7. The van der Waals surface area contributed by atoms with Crippen LogP contribution in [0.5, 0.6) is 0 Å². The van der Waals surface area contributed by atoms with Gasteiger partial charge in [0, 0.05) is 13.1 Å². The standard InChI is InChI=1S/C22H31ClN2O4/c1-4-15(3)19(24-20(26)18(23)16-10-7-6-8-11-16)21(27)25-13-9-12-17(14-25)22(28)29-5-2/h6-8,10-11,15,17-19H,4-5,9,12-14H2,1-3H3,(H,24,26). The van der Waals surface area contributed by atoms with Crippen molar-refractivity contribution in [1.82, 2.24) is 10.2 Å². The van der Waals surface area contributed by atoms with E-state index in [1.165, 1.54) is 0 Å². The molecule has 4 unspecified atom stereocenters. The molecule has 0 bridgehead atoms. The number of carbonyl (C=O) groups is 3. The zero-order valence-electron chi connectivity index (χ0n) is 17.4. The van der Waals surface area contributed by atoms with Gasteiger partial charge < -0.3 is 15.0 Å². The number of amides is 2. The van der Waals surface area contributed by atoms with Crippen LogP contribution in [0.2, 0.25) is 0 Å². The van der Waals surface area contributed by atoms with Gasteiger partial charge in [0.15, 0.2) is 0 Å². The highest BCUT2D eigenvalue weighted by Gasteiger charge is 2.36. The average molecular weight is 423 g/mol.